The number of aliphatic hydroxyl groups is 1. The van der Waals surface area contributed by atoms with Gasteiger partial charge in [-0.25, -0.2) is 4.79 Å². The summed E-state index contributed by atoms with van der Waals surface area (Å²) in [7, 11) is 5.26. The molecule has 2 aromatic heterocycles. The number of methoxy groups -OCH3 is 1. The van der Waals surface area contributed by atoms with Crippen LogP contribution < -0.4 is 5.73 Å². The Morgan fingerprint density at radius 3 is 2.46 bits per heavy atom. The van der Waals surface area contributed by atoms with Crippen LogP contribution in [0.15, 0.2) is 48.0 Å². The van der Waals surface area contributed by atoms with E-state index in [0.717, 1.165) is 0 Å². The first kappa shape index (κ1) is 50.8. The van der Waals surface area contributed by atoms with Crippen LogP contribution >= 0.6 is 0 Å². The molecule has 18 heteroatoms. The van der Waals surface area contributed by atoms with Gasteiger partial charge in [0.05, 0.1) is 47.1 Å². The van der Waals surface area contributed by atoms with E-state index in [4.69, 9.17) is 43.7 Å². The van der Waals surface area contributed by atoms with E-state index in [1.54, 1.807) is 52.1 Å². The number of rotatable bonds is 11. The molecule has 3 aliphatic rings. The standard InChI is InChI=1S/C47H65N5O13/c1-12-35-47(8)41(64-45(57)65-47)28(4)37(51-59-19-15-16-31-21-32(42(48)55)25-49-24-31)26(2)23-46(7,58-11)40(63-44-38(54)34(52(9)10)20-27(3)60-44)29(5)39(30(6)43(56)61-35)62-36(53)22-33-17-13-14-18-50-33/h13-14,17-18,21,24-30,34-35,38-41,44,54H,12,19-20,22-23H2,1-11H3,(H2,48,55)/b51-37+/t26-,27-,28+,29+,30-,34+,35-,38-,39+,40-,41-,44+,46-,47-/m1/s1. The number of fused-ring (bicyclic) bond motifs is 1. The lowest BCUT2D eigenvalue weighted by Crippen LogP contribution is -2.60. The van der Waals surface area contributed by atoms with E-state index < -0.39 is 95.7 Å². The molecule has 0 radical (unpaired) electrons. The molecule has 0 saturated carbocycles. The number of nitrogens with two attached hydrogens (primary N) is 1. The molecule has 0 aromatic carbocycles. The van der Waals surface area contributed by atoms with Crippen LogP contribution in [0.1, 0.15) is 96.3 Å². The van der Waals surface area contributed by atoms with E-state index in [1.807, 2.05) is 46.7 Å². The minimum Gasteiger partial charge on any atom is -0.461 e. The van der Waals surface area contributed by atoms with Crippen LogP contribution in [-0.2, 0) is 54.0 Å². The van der Waals surface area contributed by atoms with Gasteiger partial charge in [0, 0.05) is 55.1 Å². The molecular weight excluding hydrogens is 843 g/mol. The number of likely N-dealkylation sites (N-methyl/N-ethyl adjacent to an activating group) is 1. The number of aliphatic hydroxyl groups excluding tert-OH is 1. The predicted octanol–water partition coefficient (Wildman–Crippen LogP) is 4.23. The number of hydrogen-bond acceptors (Lipinski definition) is 17. The third-order valence-electron chi connectivity index (χ3n) is 12.9. The third-order valence-corrected chi connectivity index (χ3v) is 12.9. The second-order valence-electron chi connectivity index (χ2n) is 18.0. The van der Waals surface area contributed by atoms with Gasteiger partial charge in [0.15, 0.2) is 24.6 Å². The molecule has 3 fully saturated rings. The van der Waals surface area contributed by atoms with E-state index in [1.165, 1.54) is 25.6 Å². The maximum atomic E-state index is 14.5. The largest absolute Gasteiger partial charge is 0.509 e. The Morgan fingerprint density at radius 2 is 1.82 bits per heavy atom. The van der Waals surface area contributed by atoms with E-state index in [9.17, 15) is 24.3 Å². The molecule has 3 aliphatic heterocycles. The van der Waals surface area contributed by atoms with Gasteiger partial charge in [0.1, 0.15) is 18.3 Å². The van der Waals surface area contributed by atoms with Crippen molar-refractivity contribution in [2.24, 2.45) is 34.6 Å². The molecule has 5 rings (SSSR count). The highest BCUT2D eigenvalue weighted by atomic mass is 16.8. The number of aromatic nitrogens is 2. The fourth-order valence-corrected chi connectivity index (χ4v) is 9.35. The first-order valence-corrected chi connectivity index (χ1v) is 22.1. The lowest BCUT2D eigenvalue weighted by atomic mass is 9.73. The average Bonchev–Trinajstić information content (AvgIpc) is 3.58. The summed E-state index contributed by atoms with van der Waals surface area (Å²) in [6.07, 6.45) is -2.71. The number of cyclic esters (lactones) is 1. The van der Waals surface area contributed by atoms with Gasteiger partial charge < -0.3 is 53.7 Å². The molecule has 1 amide bonds. The van der Waals surface area contributed by atoms with Crippen LogP contribution in [0.25, 0.3) is 0 Å². The molecule has 3 saturated heterocycles. The van der Waals surface area contributed by atoms with Crippen molar-refractivity contribution in [2.75, 3.05) is 27.8 Å². The Morgan fingerprint density at radius 1 is 1.08 bits per heavy atom. The van der Waals surface area contributed by atoms with Crippen molar-refractivity contribution in [3.05, 3.63) is 59.7 Å². The Bertz CT molecular complexity index is 2080. The molecule has 356 valence electrons. The zero-order valence-electron chi connectivity index (χ0n) is 39.2. The zero-order valence-corrected chi connectivity index (χ0v) is 39.2. The van der Waals surface area contributed by atoms with E-state index in [-0.39, 0.29) is 43.6 Å². The molecule has 0 bridgehead atoms. The molecule has 5 heterocycles. The minimum atomic E-state index is -1.51. The fourth-order valence-electron chi connectivity index (χ4n) is 9.35. The summed E-state index contributed by atoms with van der Waals surface area (Å²) >= 11 is 0. The lowest BCUT2D eigenvalue weighted by molar-refractivity contribution is -0.301. The van der Waals surface area contributed by atoms with E-state index >= 15 is 0 Å². The predicted molar refractivity (Wildman–Crippen MR) is 235 cm³/mol. The monoisotopic (exact) mass is 907 g/mol. The van der Waals surface area contributed by atoms with Gasteiger partial charge in [-0.05, 0) is 79.3 Å². The van der Waals surface area contributed by atoms with Gasteiger partial charge in [-0.2, -0.15) is 0 Å². The highest BCUT2D eigenvalue weighted by molar-refractivity contribution is 5.92. The van der Waals surface area contributed by atoms with Crippen molar-refractivity contribution in [1.29, 1.82) is 0 Å². The molecule has 18 nitrogen and oxygen atoms in total. The maximum Gasteiger partial charge on any atom is 0.509 e. The molecular formula is C47H65N5O13. The first-order valence-electron chi connectivity index (χ1n) is 22.1. The van der Waals surface area contributed by atoms with Crippen LogP contribution in [0.3, 0.4) is 0 Å². The minimum absolute atomic E-state index is 0.167. The number of oxime groups is 1. The van der Waals surface area contributed by atoms with Gasteiger partial charge in [-0.1, -0.05) is 50.8 Å². The summed E-state index contributed by atoms with van der Waals surface area (Å²) in [4.78, 5) is 69.3. The number of carbonyl (C=O) groups is 4. The van der Waals surface area contributed by atoms with Gasteiger partial charge in [0.25, 0.3) is 0 Å². The number of ether oxygens (including phenoxy) is 7. The summed E-state index contributed by atoms with van der Waals surface area (Å²) < 4.78 is 44.0. The highest BCUT2D eigenvalue weighted by Crippen LogP contribution is 2.43. The van der Waals surface area contributed by atoms with Crippen LogP contribution in [0.5, 0.6) is 0 Å². The first-order chi connectivity index (χ1) is 30.7. The molecule has 0 spiro atoms. The molecule has 3 N–H and O–H groups in total. The van der Waals surface area contributed by atoms with Crippen molar-refractivity contribution in [1.82, 2.24) is 14.9 Å². The number of hydrogen-bond donors (Lipinski definition) is 2. The molecule has 14 atom stereocenters. The Kier molecular flexibility index (Phi) is 17.1. The van der Waals surface area contributed by atoms with Crippen molar-refractivity contribution >= 4 is 29.7 Å². The topological polar surface area (TPSA) is 230 Å². The second-order valence-corrected chi connectivity index (χ2v) is 18.0. The summed E-state index contributed by atoms with van der Waals surface area (Å²) in [5, 5.41) is 16.4. The summed E-state index contributed by atoms with van der Waals surface area (Å²) in [5.74, 6) is 0.565. The summed E-state index contributed by atoms with van der Waals surface area (Å²) in [5.41, 5.74) is 4.13. The van der Waals surface area contributed by atoms with Crippen LogP contribution in [-0.4, -0.2) is 138 Å². The number of carbonyl (C=O) groups excluding carboxylic acids is 4. The second kappa shape index (κ2) is 21.9. The zero-order chi connectivity index (χ0) is 47.8. The molecule has 65 heavy (non-hydrogen) atoms. The number of primary amides is 1. The molecule has 0 unspecified atom stereocenters. The van der Waals surface area contributed by atoms with Gasteiger partial charge >= 0.3 is 18.1 Å². The molecule has 0 aliphatic carbocycles. The van der Waals surface area contributed by atoms with Gasteiger partial charge in [-0.3, -0.25) is 24.4 Å². The smallest absolute Gasteiger partial charge is 0.461 e. The van der Waals surface area contributed by atoms with Crippen LogP contribution in [0, 0.1) is 35.5 Å². The highest BCUT2D eigenvalue weighted by Gasteiger charge is 2.59. The SMILES string of the molecule is CC[C@H]1OC(=O)[C@H](C)[C@@H](OC(=O)Cc2ccccn2)[C@H](C)[C@@H](O[C@@H]2O[C@H](C)C[C@H](N(C)C)[C@H]2O)[C@](C)(OC)C[C@@H](C)/C(=N\OCC#Cc2cncc(C(N)=O)c2)[C@H](C)[C@H]2OC(=O)O[C@@]21C. The summed E-state index contributed by atoms with van der Waals surface area (Å²) in [6, 6.07) is 6.37. The lowest BCUT2D eigenvalue weighted by Gasteiger charge is -2.48. The van der Waals surface area contributed by atoms with Crippen LogP contribution in [0.4, 0.5) is 4.79 Å². The van der Waals surface area contributed by atoms with E-state index in [2.05, 4.69) is 27.0 Å². The average molecular weight is 908 g/mol. The van der Waals surface area contributed by atoms with Gasteiger partial charge in [0.2, 0.25) is 5.91 Å². The number of pyridine rings is 2. The number of esters is 2. The molecule has 2 aromatic rings. The number of amides is 1. The van der Waals surface area contributed by atoms with E-state index in [0.29, 0.717) is 23.4 Å². The van der Waals surface area contributed by atoms with Gasteiger partial charge in [-0.15, -0.1) is 0 Å². The fraction of sp³-hybridized carbons (Fsp3) is 0.638. The normalized spacial score (nSPS) is 35.1. The van der Waals surface area contributed by atoms with Crippen molar-refractivity contribution < 1.29 is 62.3 Å². The Labute approximate surface area is 381 Å². The van der Waals surface area contributed by atoms with Crippen molar-refractivity contribution in [2.45, 2.75) is 141 Å². The summed E-state index contributed by atoms with van der Waals surface area (Å²) in [6.45, 7) is 14.1. The third kappa shape index (κ3) is 12.0. The Hall–Kier alpha value is -5.19. The Balaban J connectivity index is 1.62. The maximum absolute atomic E-state index is 14.5. The quantitative estimate of drug-likeness (QED) is 0.106. The van der Waals surface area contributed by atoms with Crippen molar-refractivity contribution in [3.63, 3.8) is 0 Å². The van der Waals surface area contributed by atoms with Crippen molar-refractivity contribution in [3.8, 4) is 11.8 Å². The van der Waals surface area contributed by atoms with Crippen LogP contribution in [0.2, 0.25) is 0 Å². The number of nitrogens with zero attached hydrogens (tertiary/aromatic N) is 4.